The molecule has 1 saturated heterocycles. The van der Waals surface area contributed by atoms with Crippen molar-refractivity contribution in [1.29, 1.82) is 0 Å². The molecule has 1 aromatic heterocycles. The summed E-state index contributed by atoms with van der Waals surface area (Å²) in [7, 11) is 0. The van der Waals surface area contributed by atoms with Crippen molar-refractivity contribution < 1.29 is 9.59 Å². The van der Waals surface area contributed by atoms with Gasteiger partial charge < -0.3 is 11.1 Å². The van der Waals surface area contributed by atoms with Crippen molar-refractivity contribution in [2.45, 2.75) is 32.9 Å². The lowest BCUT2D eigenvalue weighted by Crippen LogP contribution is -2.44. The molecule has 7 heteroatoms. The minimum Gasteiger partial charge on any atom is -0.366 e. The summed E-state index contributed by atoms with van der Waals surface area (Å²) in [6.45, 7) is 8.63. The zero-order valence-corrected chi connectivity index (χ0v) is 17.3. The number of nitrogens with zero attached hydrogens (tertiary/aromatic N) is 2. The summed E-state index contributed by atoms with van der Waals surface area (Å²) in [6.07, 6.45) is 1.02. The Balaban J connectivity index is 1.55. The molecule has 2 aromatic rings. The number of nitrogens with two attached hydrogens (primary N) is 1. The van der Waals surface area contributed by atoms with E-state index in [9.17, 15) is 9.59 Å². The van der Waals surface area contributed by atoms with Crippen LogP contribution in [0, 0.1) is 6.92 Å². The first-order valence-electron chi connectivity index (χ1n) is 9.64. The molecule has 150 valence electrons. The lowest BCUT2D eigenvalue weighted by Gasteiger charge is -2.27. The standard InChI is InChI=1S/C21H28N4O2S/c1-15-4-6-17(7-5-15)14-24-9-3-10-25(12-11-24)16(2)20(27)23-21-18(19(22)26)8-13-28-21/h4-8,13,16H,3,9-12,14H2,1-2H3,(H2,22,26)(H,23,27). The van der Waals surface area contributed by atoms with Crippen molar-refractivity contribution in [1.82, 2.24) is 9.80 Å². The van der Waals surface area contributed by atoms with Crippen molar-refractivity contribution in [3.05, 3.63) is 52.4 Å². The summed E-state index contributed by atoms with van der Waals surface area (Å²) in [5, 5.41) is 5.16. The summed E-state index contributed by atoms with van der Waals surface area (Å²) >= 11 is 1.32. The van der Waals surface area contributed by atoms with Crippen LogP contribution in [0.25, 0.3) is 0 Å². The van der Waals surface area contributed by atoms with Gasteiger partial charge in [-0.3, -0.25) is 19.4 Å². The minimum atomic E-state index is -0.522. The van der Waals surface area contributed by atoms with E-state index in [1.54, 1.807) is 11.4 Å². The monoisotopic (exact) mass is 400 g/mol. The van der Waals surface area contributed by atoms with Crippen LogP contribution in [0.1, 0.15) is 34.8 Å². The zero-order valence-electron chi connectivity index (χ0n) is 16.5. The van der Waals surface area contributed by atoms with E-state index in [2.05, 4.69) is 46.3 Å². The van der Waals surface area contributed by atoms with Gasteiger partial charge in [0.25, 0.3) is 5.91 Å². The van der Waals surface area contributed by atoms with Crippen LogP contribution in [-0.4, -0.2) is 53.8 Å². The van der Waals surface area contributed by atoms with Gasteiger partial charge in [-0.15, -0.1) is 11.3 Å². The predicted octanol–water partition coefficient (Wildman–Crippen LogP) is 2.69. The molecule has 1 fully saturated rings. The number of thiophene rings is 1. The number of carbonyl (C=O) groups is 2. The Morgan fingerprint density at radius 1 is 1.14 bits per heavy atom. The van der Waals surface area contributed by atoms with Gasteiger partial charge >= 0.3 is 0 Å². The molecule has 3 N–H and O–H groups in total. The normalized spacial score (nSPS) is 17.1. The van der Waals surface area contributed by atoms with E-state index in [-0.39, 0.29) is 11.9 Å². The quantitative estimate of drug-likeness (QED) is 0.781. The second-order valence-corrected chi connectivity index (χ2v) is 8.26. The fraction of sp³-hybridized carbons (Fsp3) is 0.429. The maximum Gasteiger partial charge on any atom is 0.251 e. The van der Waals surface area contributed by atoms with E-state index in [0.29, 0.717) is 10.6 Å². The highest BCUT2D eigenvalue weighted by Gasteiger charge is 2.25. The molecule has 0 bridgehead atoms. The molecule has 1 aromatic carbocycles. The van der Waals surface area contributed by atoms with Crippen LogP contribution in [0.2, 0.25) is 0 Å². The molecule has 2 heterocycles. The second-order valence-electron chi connectivity index (χ2n) is 7.34. The molecule has 0 radical (unpaired) electrons. The van der Waals surface area contributed by atoms with Gasteiger partial charge in [0.15, 0.2) is 0 Å². The van der Waals surface area contributed by atoms with Crippen LogP contribution in [0.5, 0.6) is 0 Å². The fourth-order valence-corrected chi connectivity index (χ4v) is 4.27. The van der Waals surface area contributed by atoms with E-state index in [1.807, 2.05) is 6.92 Å². The van der Waals surface area contributed by atoms with E-state index in [4.69, 9.17) is 5.73 Å². The average Bonchev–Trinajstić information content (AvgIpc) is 3.01. The third-order valence-corrected chi connectivity index (χ3v) is 6.07. The molecule has 0 aliphatic carbocycles. The second kappa shape index (κ2) is 9.32. The molecule has 3 rings (SSSR count). The summed E-state index contributed by atoms with van der Waals surface area (Å²) < 4.78 is 0. The van der Waals surface area contributed by atoms with E-state index >= 15 is 0 Å². The van der Waals surface area contributed by atoms with Crippen molar-refractivity contribution in [3.63, 3.8) is 0 Å². The fourth-order valence-electron chi connectivity index (χ4n) is 3.47. The minimum absolute atomic E-state index is 0.100. The Bertz CT molecular complexity index is 818. The number of hydrogen-bond acceptors (Lipinski definition) is 5. The van der Waals surface area contributed by atoms with Crippen molar-refractivity contribution in [2.24, 2.45) is 5.73 Å². The highest BCUT2D eigenvalue weighted by atomic mass is 32.1. The Kier molecular flexibility index (Phi) is 6.83. The van der Waals surface area contributed by atoms with Crippen molar-refractivity contribution in [3.8, 4) is 0 Å². The van der Waals surface area contributed by atoms with E-state index in [1.165, 1.54) is 22.5 Å². The van der Waals surface area contributed by atoms with Gasteiger partial charge in [-0.2, -0.15) is 0 Å². The smallest absolute Gasteiger partial charge is 0.251 e. The summed E-state index contributed by atoms with van der Waals surface area (Å²) in [4.78, 5) is 28.8. The van der Waals surface area contributed by atoms with Gasteiger partial charge in [0.1, 0.15) is 5.00 Å². The number of nitrogens with one attached hydrogen (secondary N) is 1. The van der Waals surface area contributed by atoms with Crippen molar-refractivity contribution in [2.75, 3.05) is 31.5 Å². The lowest BCUT2D eigenvalue weighted by molar-refractivity contribution is -0.120. The average molecular weight is 401 g/mol. The Hall–Kier alpha value is -2.22. The molecule has 1 aliphatic heterocycles. The number of benzene rings is 1. The first kappa shape index (κ1) is 20.5. The molecule has 1 unspecified atom stereocenters. The van der Waals surface area contributed by atoms with Gasteiger partial charge in [0.2, 0.25) is 5.91 Å². The third kappa shape index (κ3) is 5.19. The number of anilines is 1. The molecule has 0 saturated carbocycles. The molecule has 28 heavy (non-hydrogen) atoms. The number of rotatable bonds is 6. The first-order chi connectivity index (χ1) is 13.4. The van der Waals surface area contributed by atoms with Crippen LogP contribution in [0.3, 0.4) is 0 Å². The largest absolute Gasteiger partial charge is 0.366 e. The topological polar surface area (TPSA) is 78.7 Å². The van der Waals surface area contributed by atoms with Crippen LogP contribution in [0.4, 0.5) is 5.00 Å². The van der Waals surface area contributed by atoms with Gasteiger partial charge in [-0.05, 0) is 43.8 Å². The number of aryl methyl sites for hydroxylation is 1. The van der Waals surface area contributed by atoms with E-state index in [0.717, 1.165) is 39.1 Å². The maximum atomic E-state index is 12.7. The Labute approximate surface area is 170 Å². The van der Waals surface area contributed by atoms with Gasteiger partial charge in [-0.1, -0.05) is 29.8 Å². The summed E-state index contributed by atoms with van der Waals surface area (Å²) in [5.74, 6) is -0.623. The summed E-state index contributed by atoms with van der Waals surface area (Å²) in [5.41, 5.74) is 8.32. The van der Waals surface area contributed by atoms with Gasteiger partial charge in [0, 0.05) is 26.2 Å². The molecule has 1 atom stereocenters. The van der Waals surface area contributed by atoms with E-state index < -0.39 is 5.91 Å². The first-order valence-corrected chi connectivity index (χ1v) is 10.5. The number of carbonyl (C=O) groups excluding carboxylic acids is 2. The predicted molar refractivity (Wildman–Crippen MR) is 114 cm³/mol. The zero-order chi connectivity index (χ0) is 20.1. The van der Waals surface area contributed by atoms with Crippen molar-refractivity contribution >= 4 is 28.2 Å². The highest BCUT2D eigenvalue weighted by molar-refractivity contribution is 7.14. The van der Waals surface area contributed by atoms with Crippen LogP contribution in [-0.2, 0) is 11.3 Å². The molecule has 6 nitrogen and oxygen atoms in total. The van der Waals surface area contributed by atoms with Gasteiger partial charge in [0.05, 0.1) is 11.6 Å². The number of primary amides is 1. The highest BCUT2D eigenvalue weighted by Crippen LogP contribution is 2.23. The molecule has 2 amide bonds. The molecular formula is C21H28N4O2S. The Morgan fingerprint density at radius 3 is 2.61 bits per heavy atom. The number of amides is 2. The molecule has 0 spiro atoms. The molecular weight excluding hydrogens is 372 g/mol. The SMILES string of the molecule is Cc1ccc(CN2CCCN(C(C)C(=O)Nc3sccc3C(N)=O)CC2)cc1. The summed E-state index contributed by atoms with van der Waals surface area (Å²) in [6, 6.07) is 10.1. The van der Waals surface area contributed by atoms with Crippen LogP contribution in [0.15, 0.2) is 35.7 Å². The molecule has 1 aliphatic rings. The third-order valence-electron chi connectivity index (χ3n) is 5.24. The van der Waals surface area contributed by atoms with Gasteiger partial charge in [-0.25, -0.2) is 0 Å². The maximum absolute atomic E-state index is 12.7. The number of hydrogen-bond donors (Lipinski definition) is 2. The van der Waals surface area contributed by atoms with Crippen LogP contribution >= 0.6 is 11.3 Å². The van der Waals surface area contributed by atoms with Crippen LogP contribution < -0.4 is 11.1 Å². The Morgan fingerprint density at radius 2 is 1.89 bits per heavy atom. The lowest BCUT2D eigenvalue weighted by atomic mass is 10.1.